The van der Waals surface area contributed by atoms with Crippen LogP contribution in [0.2, 0.25) is 0 Å². The number of hydrogen-bond acceptors (Lipinski definition) is 4. The van der Waals surface area contributed by atoms with E-state index >= 15 is 0 Å². The summed E-state index contributed by atoms with van der Waals surface area (Å²) in [5, 5.41) is 2.84. The first kappa shape index (κ1) is 17.2. The van der Waals surface area contributed by atoms with Gasteiger partial charge in [0, 0.05) is 4.88 Å². The number of carbonyl (C=O) groups excluding carboxylic acids is 2. The Labute approximate surface area is 140 Å². The normalized spacial score (nSPS) is 11.8. The number of rotatable bonds is 5. The quantitative estimate of drug-likeness (QED) is 0.850. The van der Waals surface area contributed by atoms with Crippen molar-refractivity contribution < 1.29 is 14.3 Å². The standard InChI is InChI=1S/C18H21NO3S/c1-11-5-7-15(9-12(11)2)14(4)19-17(20)10-22-18(21)16-8-6-13(3)23-16/h5-9,14H,10H2,1-4H3,(H,19,20)/t14-/m0/s1. The molecular weight excluding hydrogens is 310 g/mol. The Hall–Kier alpha value is -2.14. The molecule has 0 fully saturated rings. The molecule has 1 aromatic carbocycles. The number of carbonyl (C=O) groups is 2. The van der Waals surface area contributed by atoms with Crippen molar-refractivity contribution in [1.29, 1.82) is 0 Å². The van der Waals surface area contributed by atoms with Crippen LogP contribution >= 0.6 is 11.3 Å². The SMILES string of the molecule is Cc1ccc(C(=O)OCC(=O)N[C@@H](C)c2ccc(C)c(C)c2)s1. The van der Waals surface area contributed by atoms with Gasteiger partial charge in [-0.25, -0.2) is 4.79 Å². The number of aryl methyl sites for hydroxylation is 3. The molecule has 0 unspecified atom stereocenters. The summed E-state index contributed by atoms with van der Waals surface area (Å²) in [4.78, 5) is 25.3. The van der Waals surface area contributed by atoms with E-state index in [1.807, 2.05) is 45.9 Å². The monoisotopic (exact) mass is 331 g/mol. The van der Waals surface area contributed by atoms with Gasteiger partial charge in [0.2, 0.25) is 0 Å². The van der Waals surface area contributed by atoms with Gasteiger partial charge in [0.15, 0.2) is 6.61 Å². The van der Waals surface area contributed by atoms with Crippen LogP contribution in [0.15, 0.2) is 30.3 Å². The van der Waals surface area contributed by atoms with Crippen LogP contribution in [0.4, 0.5) is 0 Å². The van der Waals surface area contributed by atoms with Gasteiger partial charge in [0.05, 0.1) is 6.04 Å². The van der Waals surface area contributed by atoms with Crippen LogP contribution in [0.5, 0.6) is 0 Å². The van der Waals surface area contributed by atoms with Crippen LogP contribution in [0.25, 0.3) is 0 Å². The minimum absolute atomic E-state index is 0.135. The zero-order valence-corrected chi connectivity index (χ0v) is 14.6. The first-order chi connectivity index (χ1) is 10.9. The Morgan fingerprint density at radius 2 is 1.87 bits per heavy atom. The Morgan fingerprint density at radius 3 is 2.48 bits per heavy atom. The lowest BCUT2D eigenvalue weighted by molar-refractivity contribution is -0.124. The first-order valence-corrected chi connectivity index (χ1v) is 8.28. The number of esters is 1. The highest BCUT2D eigenvalue weighted by atomic mass is 32.1. The van der Waals surface area contributed by atoms with E-state index in [0.717, 1.165) is 10.4 Å². The third kappa shape index (κ3) is 4.66. The van der Waals surface area contributed by atoms with Gasteiger partial charge in [-0.2, -0.15) is 0 Å². The van der Waals surface area contributed by atoms with Gasteiger partial charge in [-0.3, -0.25) is 4.79 Å². The molecule has 1 atom stereocenters. The van der Waals surface area contributed by atoms with Crippen molar-refractivity contribution >= 4 is 23.2 Å². The second-order valence-corrected chi connectivity index (χ2v) is 6.91. The summed E-state index contributed by atoms with van der Waals surface area (Å²) in [5.41, 5.74) is 3.43. The Balaban J connectivity index is 1.86. The average Bonchev–Trinajstić information content (AvgIpc) is 2.94. The third-order valence-electron chi connectivity index (χ3n) is 3.68. The molecule has 1 aromatic heterocycles. The van der Waals surface area contributed by atoms with Gasteiger partial charge < -0.3 is 10.1 Å². The summed E-state index contributed by atoms with van der Waals surface area (Å²) in [5.74, 6) is -0.769. The van der Waals surface area contributed by atoms with E-state index < -0.39 is 5.97 Å². The number of nitrogens with one attached hydrogen (secondary N) is 1. The van der Waals surface area contributed by atoms with Crippen molar-refractivity contribution in [3.63, 3.8) is 0 Å². The number of thiophene rings is 1. The lowest BCUT2D eigenvalue weighted by Gasteiger charge is -2.15. The summed E-state index contributed by atoms with van der Waals surface area (Å²) in [6.45, 7) is 7.64. The second kappa shape index (κ2) is 7.42. The summed E-state index contributed by atoms with van der Waals surface area (Å²) in [6.07, 6.45) is 0. The maximum absolute atomic E-state index is 11.9. The predicted octanol–water partition coefficient (Wildman–Crippen LogP) is 3.71. The molecular formula is C18H21NO3S. The van der Waals surface area contributed by atoms with Crippen LogP contribution in [-0.2, 0) is 9.53 Å². The van der Waals surface area contributed by atoms with Crippen LogP contribution in [0.1, 0.15) is 44.2 Å². The molecule has 2 aromatic rings. The van der Waals surface area contributed by atoms with Crippen molar-refractivity contribution in [1.82, 2.24) is 5.32 Å². The molecule has 0 aliphatic heterocycles. The molecule has 0 aliphatic rings. The zero-order valence-electron chi connectivity index (χ0n) is 13.8. The highest BCUT2D eigenvalue weighted by molar-refractivity contribution is 7.13. The number of hydrogen-bond donors (Lipinski definition) is 1. The first-order valence-electron chi connectivity index (χ1n) is 7.47. The molecule has 0 saturated carbocycles. The fourth-order valence-corrected chi connectivity index (χ4v) is 2.91. The van der Waals surface area contributed by atoms with Crippen molar-refractivity contribution in [2.45, 2.75) is 33.7 Å². The van der Waals surface area contributed by atoms with E-state index in [4.69, 9.17) is 4.74 Å². The molecule has 0 radical (unpaired) electrons. The lowest BCUT2D eigenvalue weighted by atomic mass is 10.0. The molecule has 1 amide bonds. The van der Waals surface area contributed by atoms with E-state index in [1.165, 1.54) is 22.5 Å². The summed E-state index contributed by atoms with van der Waals surface area (Å²) >= 11 is 1.35. The largest absolute Gasteiger partial charge is 0.451 e. The van der Waals surface area contributed by atoms with Crippen LogP contribution in [0.3, 0.4) is 0 Å². The molecule has 0 aliphatic carbocycles. The molecule has 0 saturated heterocycles. The smallest absolute Gasteiger partial charge is 0.348 e. The molecule has 0 spiro atoms. The highest BCUT2D eigenvalue weighted by Crippen LogP contribution is 2.17. The van der Waals surface area contributed by atoms with E-state index in [2.05, 4.69) is 11.4 Å². The zero-order chi connectivity index (χ0) is 17.0. The number of ether oxygens (including phenoxy) is 1. The minimum atomic E-state index is -0.461. The van der Waals surface area contributed by atoms with E-state index in [-0.39, 0.29) is 18.6 Å². The third-order valence-corrected chi connectivity index (χ3v) is 4.67. The van der Waals surface area contributed by atoms with E-state index in [1.54, 1.807) is 6.07 Å². The van der Waals surface area contributed by atoms with Crippen LogP contribution < -0.4 is 5.32 Å². The lowest BCUT2D eigenvalue weighted by Crippen LogP contribution is -2.31. The van der Waals surface area contributed by atoms with Crippen molar-refractivity contribution in [3.05, 3.63) is 56.8 Å². The number of amides is 1. The van der Waals surface area contributed by atoms with Gasteiger partial charge in [-0.1, -0.05) is 18.2 Å². The summed E-state index contributed by atoms with van der Waals surface area (Å²) < 4.78 is 5.04. The maximum atomic E-state index is 11.9. The maximum Gasteiger partial charge on any atom is 0.348 e. The van der Waals surface area contributed by atoms with E-state index in [9.17, 15) is 9.59 Å². The minimum Gasteiger partial charge on any atom is -0.451 e. The highest BCUT2D eigenvalue weighted by Gasteiger charge is 2.14. The van der Waals surface area contributed by atoms with Crippen molar-refractivity contribution in [2.24, 2.45) is 0 Å². The molecule has 1 N–H and O–H groups in total. The molecule has 4 nitrogen and oxygen atoms in total. The molecule has 1 heterocycles. The van der Waals surface area contributed by atoms with Crippen molar-refractivity contribution in [2.75, 3.05) is 6.61 Å². The number of benzene rings is 1. The molecule has 0 bridgehead atoms. The van der Waals surface area contributed by atoms with Gasteiger partial charge in [-0.05, 0) is 56.5 Å². The van der Waals surface area contributed by atoms with Crippen LogP contribution in [-0.4, -0.2) is 18.5 Å². The summed E-state index contributed by atoms with van der Waals surface area (Å²) in [7, 11) is 0. The average molecular weight is 331 g/mol. The summed E-state index contributed by atoms with van der Waals surface area (Å²) in [6, 6.07) is 9.51. The molecule has 122 valence electrons. The molecule has 2 rings (SSSR count). The van der Waals surface area contributed by atoms with Gasteiger partial charge in [0.25, 0.3) is 5.91 Å². The van der Waals surface area contributed by atoms with Gasteiger partial charge in [0.1, 0.15) is 4.88 Å². The van der Waals surface area contributed by atoms with E-state index in [0.29, 0.717) is 4.88 Å². The topological polar surface area (TPSA) is 55.4 Å². The fourth-order valence-electron chi connectivity index (χ4n) is 2.15. The Morgan fingerprint density at radius 1 is 1.13 bits per heavy atom. The Kier molecular flexibility index (Phi) is 5.55. The predicted molar refractivity (Wildman–Crippen MR) is 91.8 cm³/mol. The van der Waals surface area contributed by atoms with Gasteiger partial charge >= 0.3 is 5.97 Å². The molecule has 5 heteroatoms. The van der Waals surface area contributed by atoms with Crippen molar-refractivity contribution in [3.8, 4) is 0 Å². The van der Waals surface area contributed by atoms with Crippen LogP contribution in [0, 0.1) is 20.8 Å². The Bertz CT molecular complexity index is 721. The fraction of sp³-hybridized carbons (Fsp3) is 0.333. The van der Waals surface area contributed by atoms with Gasteiger partial charge in [-0.15, -0.1) is 11.3 Å². The second-order valence-electron chi connectivity index (χ2n) is 5.62. The molecule has 23 heavy (non-hydrogen) atoms.